The summed E-state index contributed by atoms with van der Waals surface area (Å²) < 4.78 is 5.30. The number of amides is 1. The number of carbonyl (C=O) groups is 1. The highest BCUT2D eigenvalue weighted by atomic mass is 35.5. The van der Waals surface area contributed by atoms with Crippen molar-refractivity contribution in [2.45, 2.75) is 18.8 Å². The number of benzene rings is 1. The topological polar surface area (TPSA) is 111 Å². The maximum Gasteiger partial charge on any atom is 0.322 e. The van der Waals surface area contributed by atoms with E-state index in [1.807, 2.05) is 0 Å². The molecule has 8 nitrogen and oxygen atoms in total. The number of halogens is 1. The SMILES string of the molecule is O=C(Nc1nnc(C2CC2)o1)c1ccc([N+](=O)[O-])cc1Cl. The number of carbonyl (C=O) groups excluding carboxylic acids is 1. The van der Waals surface area contributed by atoms with Crippen molar-refractivity contribution < 1.29 is 14.1 Å². The maximum absolute atomic E-state index is 12.0. The molecule has 1 amide bonds. The van der Waals surface area contributed by atoms with Crippen molar-refractivity contribution >= 4 is 29.2 Å². The number of non-ortho nitro benzene ring substituents is 1. The Kier molecular flexibility index (Phi) is 3.30. The number of nitro groups is 1. The van der Waals surface area contributed by atoms with Crippen molar-refractivity contribution in [3.63, 3.8) is 0 Å². The molecule has 108 valence electrons. The maximum atomic E-state index is 12.0. The lowest BCUT2D eigenvalue weighted by Crippen LogP contribution is -2.12. The molecule has 1 aliphatic rings. The standard InChI is InChI=1S/C12H9ClN4O4/c13-9-5-7(17(19)20)3-4-8(9)10(18)14-12-16-15-11(21-12)6-1-2-6/h3-6H,1-2H2,(H,14,16,18). The van der Waals surface area contributed by atoms with Crippen LogP contribution in [0.5, 0.6) is 0 Å². The third-order valence-electron chi connectivity index (χ3n) is 3.00. The monoisotopic (exact) mass is 308 g/mol. The van der Waals surface area contributed by atoms with Crippen molar-refractivity contribution in [2.24, 2.45) is 0 Å². The lowest BCUT2D eigenvalue weighted by molar-refractivity contribution is -0.384. The molecule has 1 heterocycles. The summed E-state index contributed by atoms with van der Waals surface area (Å²) in [7, 11) is 0. The molecule has 21 heavy (non-hydrogen) atoms. The highest BCUT2D eigenvalue weighted by Gasteiger charge is 2.29. The normalized spacial score (nSPS) is 14.0. The van der Waals surface area contributed by atoms with Crippen LogP contribution in [0.3, 0.4) is 0 Å². The van der Waals surface area contributed by atoms with Crippen LogP contribution in [0.25, 0.3) is 0 Å². The van der Waals surface area contributed by atoms with Gasteiger partial charge in [0.1, 0.15) is 0 Å². The Morgan fingerprint density at radius 2 is 2.19 bits per heavy atom. The second-order valence-corrected chi connectivity index (χ2v) is 5.00. The zero-order valence-electron chi connectivity index (χ0n) is 10.6. The molecule has 0 bridgehead atoms. The van der Waals surface area contributed by atoms with Crippen LogP contribution in [-0.4, -0.2) is 21.0 Å². The Morgan fingerprint density at radius 3 is 2.81 bits per heavy atom. The van der Waals surface area contributed by atoms with Crippen molar-refractivity contribution in [1.29, 1.82) is 0 Å². The number of rotatable bonds is 4. The van der Waals surface area contributed by atoms with E-state index in [9.17, 15) is 14.9 Å². The Balaban J connectivity index is 1.76. The van der Waals surface area contributed by atoms with E-state index in [0.717, 1.165) is 18.9 Å². The summed E-state index contributed by atoms with van der Waals surface area (Å²) in [6.45, 7) is 0. The number of anilines is 1. The number of nitrogens with one attached hydrogen (secondary N) is 1. The third kappa shape index (κ3) is 2.84. The summed E-state index contributed by atoms with van der Waals surface area (Å²) in [6.07, 6.45) is 2.01. The molecule has 1 aromatic heterocycles. The summed E-state index contributed by atoms with van der Waals surface area (Å²) in [5.41, 5.74) is -0.0983. The molecule has 0 radical (unpaired) electrons. The molecule has 2 aromatic rings. The van der Waals surface area contributed by atoms with Gasteiger partial charge in [0, 0.05) is 18.1 Å². The van der Waals surface area contributed by atoms with E-state index >= 15 is 0 Å². The first-order chi connectivity index (χ1) is 10.0. The van der Waals surface area contributed by atoms with Crippen molar-refractivity contribution in [2.75, 3.05) is 5.32 Å². The molecule has 0 spiro atoms. The summed E-state index contributed by atoms with van der Waals surface area (Å²) >= 11 is 5.87. The van der Waals surface area contributed by atoms with Crippen LogP contribution in [0.1, 0.15) is 35.0 Å². The van der Waals surface area contributed by atoms with Gasteiger partial charge >= 0.3 is 6.01 Å². The molecule has 1 saturated carbocycles. The summed E-state index contributed by atoms with van der Waals surface area (Å²) in [5.74, 6) is 0.215. The quantitative estimate of drug-likeness (QED) is 0.686. The van der Waals surface area contributed by atoms with Gasteiger partial charge in [-0.1, -0.05) is 16.7 Å². The minimum absolute atomic E-state index is 0.0173. The highest BCUT2D eigenvalue weighted by Crippen LogP contribution is 2.39. The molecule has 3 rings (SSSR count). The van der Waals surface area contributed by atoms with Crippen LogP contribution in [-0.2, 0) is 0 Å². The van der Waals surface area contributed by atoms with Crippen LogP contribution in [0.15, 0.2) is 22.6 Å². The molecule has 0 unspecified atom stereocenters. The van der Waals surface area contributed by atoms with E-state index in [0.29, 0.717) is 5.89 Å². The highest BCUT2D eigenvalue weighted by molar-refractivity contribution is 6.34. The fraction of sp³-hybridized carbons (Fsp3) is 0.250. The lowest BCUT2D eigenvalue weighted by atomic mass is 10.2. The molecule has 1 aliphatic carbocycles. The van der Waals surface area contributed by atoms with Gasteiger partial charge in [-0.3, -0.25) is 20.2 Å². The van der Waals surface area contributed by atoms with Gasteiger partial charge in [-0.2, -0.15) is 0 Å². The van der Waals surface area contributed by atoms with Crippen LogP contribution in [0.4, 0.5) is 11.7 Å². The van der Waals surface area contributed by atoms with Crippen LogP contribution < -0.4 is 5.32 Å². The summed E-state index contributed by atoms with van der Waals surface area (Å²) in [4.78, 5) is 22.0. The second kappa shape index (κ2) is 5.13. The lowest BCUT2D eigenvalue weighted by Gasteiger charge is -2.02. The van der Waals surface area contributed by atoms with Gasteiger partial charge in [0.05, 0.1) is 15.5 Å². The van der Waals surface area contributed by atoms with Crippen LogP contribution in [0.2, 0.25) is 5.02 Å². The number of nitro benzene ring substituents is 1. The molecule has 0 aliphatic heterocycles. The van der Waals surface area contributed by atoms with Gasteiger partial charge in [0.15, 0.2) is 0 Å². The van der Waals surface area contributed by atoms with E-state index in [1.54, 1.807) is 0 Å². The largest absolute Gasteiger partial charge is 0.408 e. The number of aromatic nitrogens is 2. The molecule has 1 N–H and O–H groups in total. The third-order valence-corrected chi connectivity index (χ3v) is 3.31. The molecular formula is C12H9ClN4O4. The Labute approximate surface area is 123 Å². The minimum Gasteiger partial charge on any atom is -0.408 e. The Hall–Kier alpha value is -2.48. The van der Waals surface area contributed by atoms with E-state index in [2.05, 4.69) is 15.5 Å². The zero-order chi connectivity index (χ0) is 15.0. The Bertz CT molecular complexity index is 726. The predicted molar refractivity (Wildman–Crippen MR) is 72.3 cm³/mol. The molecule has 0 saturated heterocycles. The fourth-order valence-electron chi connectivity index (χ4n) is 1.75. The summed E-state index contributed by atoms with van der Waals surface area (Å²) in [6, 6.07) is 3.56. The van der Waals surface area contributed by atoms with Gasteiger partial charge in [0.2, 0.25) is 5.89 Å². The van der Waals surface area contributed by atoms with E-state index in [1.165, 1.54) is 12.1 Å². The molecule has 9 heteroatoms. The van der Waals surface area contributed by atoms with E-state index in [-0.39, 0.29) is 28.2 Å². The molecular weight excluding hydrogens is 300 g/mol. The zero-order valence-corrected chi connectivity index (χ0v) is 11.3. The van der Waals surface area contributed by atoms with Gasteiger partial charge in [-0.25, -0.2) is 0 Å². The smallest absolute Gasteiger partial charge is 0.322 e. The Morgan fingerprint density at radius 1 is 1.43 bits per heavy atom. The van der Waals surface area contributed by atoms with Gasteiger partial charge < -0.3 is 4.42 Å². The van der Waals surface area contributed by atoms with Crippen molar-refractivity contribution in [1.82, 2.24) is 10.2 Å². The summed E-state index contributed by atoms with van der Waals surface area (Å²) in [5, 5.41) is 20.6. The molecule has 1 fully saturated rings. The number of nitrogens with zero attached hydrogens (tertiary/aromatic N) is 3. The fourth-order valence-corrected chi connectivity index (χ4v) is 2.01. The van der Waals surface area contributed by atoms with Crippen LogP contribution in [0, 0.1) is 10.1 Å². The molecule has 1 aromatic carbocycles. The predicted octanol–water partition coefficient (Wildman–Crippen LogP) is 2.76. The van der Waals surface area contributed by atoms with Crippen molar-refractivity contribution in [3.05, 3.63) is 44.8 Å². The van der Waals surface area contributed by atoms with Gasteiger partial charge in [0.25, 0.3) is 11.6 Å². The van der Waals surface area contributed by atoms with Gasteiger partial charge in [-0.05, 0) is 18.9 Å². The first-order valence-corrected chi connectivity index (χ1v) is 6.51. The first-order valence-electron chi connectivity index (χ1n) is 6.13. The van der Waals surface area contributed by atoms with Gasteiger partial charge in [-0.15, -0.1) is 5.10 Å². The van der Waals surface area contributed by atoms with Crippen LogP contribution >= 0.6 is 11.6 Å². The minimum atomic E-state index is -0.590. The first kappa shape index (κ1) is 13.5. The average molecular weight is 309 g/mol. The average Bonchev–Trinajstić information content (AvgIpc) is 3.19. The number of hydrogen-bond acceptors (Lipinski definition) is 6. The van der Waals surface area contributed by atoms with E-state index < -0.39 is 10.8 Å². The second-order valence-electron chi connectivity index (χ2n) is 4.60. The van der Waals surface area contributed by atoms with E-state index in [4.69, 9.17) is 16.0 Å². The number of hydrogen-bond donors (Lipinski definition) is 1. The van der Waals surface area contributed by atoms with Crippen molar-refractivity contribution in [3.8, 4) is 0 Å². The molecule has 0 atom stereocenters.